The molecule has 0 amide bonds. The van der Waals surface area contributed by atoms with E-state index in [4.69, 9.17) is 23.2 Å². The Balaban J connectivity index is 1.47. The zero-order valence-electron chi connectivity index (χ0n) is 17.8. The molecule has 0 saturated carbocycles. The Morgan fingerprint density at radius 1 is 0.806 bits per heavy atom. The summed E-state index contributed by atoms with van der Waals surface area (Å²) in [6, 6.07) is 22.8. The first-order valence-corrected chi connectivity index (χ1v) is 10.9. The van der Waals surface area contributed by atoms with Gasteiger partial charge >= 0.3 is 0 Å². The molecule has 0 spiro atoms. The summed E-state index contributed by atoms with van der Waals surface area (Å²) in [5, 5.41) is 1.21. The molecule has 4 aromatic rings. The maximum atomic E-state index is 6.29. The first kappa shape index (κ1) is 21.4. The summed E-state index contributed by atoms with van der Waals surface area (Å²) in [7, 11) is 0. The third-order valence-corrected chi connectivity index (χ3v) is 5.79. The maximum absolute atomic E-state index is 6.29. The van der Waals surface area contributed by atoms with Crippen LogP contribution in [-0.2, 0) is 5.41 Å². The molecular weight excluding hydrogens is 423 g/mol. The molecule has 156 valence electrons. The Hall–Kier alpha value is -2.81. The van der Waals surface area contributed by atoms with Gasteiger partial charge in [-0.2, -0.15) is 0 Å². The first-order valence-electron chi connectivity index (χ1n) is 10.2. The fourth-order valence-electron chi connectivity index (χ4n) is 3.39. The van der Waals surface area contributed by atoms with Crippen LogP contribution >= 0.6 is 23.2 Å². The zero-order valence-corrected chi connectivity index (χ0v) is 19.3. The lowest BCUT2D eigenvalue weighted by Crippen LogP contribution is -2.10. The number of hydrogen-bond acceptors (Lipinski definition) is 1. The molecule has 4 rings (SSSR count). The summed E-state index contributed by atoms with van der Waals surface area (Å²) in [6.45, 7) is 6.69. The second-order valence-corrected chi connectivity index (χ2v) is 9.43. The molecule has 31 heavy (non-hydrogen) atoms. The van der Waals surface area contributed by atoms with Crippen molar-refractivity contribution < 1.29 is 0 Å². The molecule has 0 atom stereocenters. The minimum Gasteiger partial charge on any atom is -0.338 e. The monoisotopic (exact) mass is 446 g/mol. The molecular formula is C27H24Cl2N2. The fraction of sp³-hybridized carbons (Fsp3) is 0.148. The van der Waals surface area contributed by atoms with E-state index in [9.17, 15) is 0 Å². The molecule has 0 fully saturated rings. The highest BCUT2D eigenvalue weighted by atomic mass is 35.5. The van der Waals surface area contributed by atoms with E-state index in [-0.39, 0.29) is 5.41 Å². The van der Waals surface area contributed by atoms with Crippen molar-refractivity contribution in [2.24, 2.45) is 0 Å². The number of halogens is 2. The molecule has 0 aliphatic rings. The number of benzene rings is 3. The molecule has 0 unspecified atom stereocenters. The van der Waals surface area contributed by atoms with Gasteiger partial charge in [-0.15, -0.1) is 0 Å². The Kier molecular flexibility index (Phi) is 6.04. The number of aromatic nitrogens is 2. The quantitative estimate of drug-likeness (QED) is 0.334. The highest BCUT2D eigenvalue weighted by Crippen LogP contribution is 2.29. The molecule has 3 aromatic carbocycles. The van der Waals surface area contributed by atoms with Crippen LogP contribution in [0.25, 0.3) is 34.5 Å². The van der Waals surface area contributed by atoms with Crippen molar-refractivity contribution >= 4 is 35.4 Å². The summed E-state index contributed by atoms with van der Waals surface area (Å²) >= 11 is 12.3. The van der Waals surface area contributed by atoms with Crippen LogP contribution in [0, 0.1) is 0 Å². The smallest absolute Gasteiger partial charge is 0.130 e. The van der Waals surface area contributed by atoms with E-state index in [0.717, 1.165) is 22.6 Å². The summed E-state index contributed by atoms with van der Waals surface area (Å²) in [4.78, 5) is 7.72. The van der Waals surface area contributed by atoms with Gasteiger partial charge in [0.05, 0.1) is 16.9 Å². The summed E-state index contributed by atoms with van der Waals surface area (Å²) in [6.07, 6.45) is 5.78. The number of aromatic amines is 1. The maximum Gasteiger partial charge on any atom is 0.130 e. The van der Waals surface area contributed by atoms with Crippen LogP contribution in [0.5, 0.6) is 0 Å². The third kappa shape index (κ3) is 5.10. The van der Waals surface area contributed by atoms with Crippen LogP contribution in [-0.4, -0.2) is 9.97 Å². The first-order chi connectivity index (χ1) is 14.8. The average molecular weight is 447 g/mol. The highest BCUT2D eigenvalue weighted by Gasteiger charge is 2.13. The van der Waals surface area contributed by atoms with Crippen molar-refractivity contribution in [1.29, 1.82) is 0 Å². The van der Waals surface area contributed by atoms with Crippen LogP contribution in [0.2, 0.25) is 10.0 Å². The molecule has 0 aliphatic carbocycles. The van der Waals surface area contributed by atoms with Gasteiger partial charge in [0.25, 0.3) is 0 Å². The Morgan fingerprint density at radius 3 is 2.06 bits per heavy atom. The van der Waals surface area contributed by atoms with Gasteiger partial charge in [-0.05, 0) is 51.9 Å². The van der Waals surface area contributed by atoms with Crippen molar-refractivity contribution in [1.82, 2.24) is 9.97 Å². The number of hydrogen-bond donors (Lipinski definition) is 1. The van der Waals surface area contributed by atoms with Gasteiger partial charge in [-0.3, -0.25) is 0 Å². The Bertz CT molecular complexity index is 1210. The van der Waals surface area contributed by atoms with Crippen LogP contribution in [0.1, 0.15) is 37.7 Å². The molecule has 1 N–H and O–H groups in total. The van der Waals surface area contributed by atoms with Crippen molar-refractivity contribution in [3.8, 4) is 22.4 Å². The third-order valence-electron chi connectivity index (χ3n) is 5.25. The molecule has 0 aliphatic heterocycles. The van der Waals surface area contributed by atoms with Gasteiger partial charge in [0.1, 0.15) is 5.82 Å². The summed E-state index contributed by atoms with van der Waals surface area (Å²) in [5.74, 6) is 0.767. The van der Waals surface area contributed by atoms with Crippen LogP contribution in [0.4, 0.5) is 0 Å². The van der Waals surface area contributed by atoms with E-state index in [1.165, 1.54) is 16.7 Å². The van der Waals surface area contributed by atoms with E-state index >= 15 is 0 Å². The minimum atomic E-state index is 0.164. The normalized spacial score (nSPS) is 11.9. The molecule has 2 nitrogen and oxygen atoms in total. The number of imidazole rings is 1. The van der Waals surface area contributed by atoms with E-state index in [1.807, 2.05) is 24.3 Å². The van der Waals surface area contributed by atoms with E-state index in [1.54, 1.807) is 12.3 Å². The summed E-state index contributed by atoms with van der Waals surface area (Å²) in [5.41, 5.74) is 6.77. The topological polar surface area (TPSA) is 28.7 Å². The van der Waals surface area contributed by atoms with Gasteiger partial charge in [0, 0.05) is 10.6 Å². The average Bonchev–Trinajstić information content (AvgIpc) is 3.21. The van der Waals surface area contributed by atoms with Crippen LogP contribution in [0.15, 0.2) is 72.9 Å². The number of H-pyrrole nitrogens is 1. The second kappa shape index (κ2) is 8.74. The predicted octanol–water partition coefficient (Wildman–Crippen LogP) is 8.52. The van der Waals surface area contributed by atoms with Crippen molar-refractivity contribution in [2.45, 2.75) is 26.2 Å². The number of nitrogens with zero attached hydrogens (tertiary/aromatic N) is 1. The lowest BCUT2D eigenvalue weighted by Gasteiger charge is -2.19. The largest absolute Gasteiger partial charge is 0.338 e. The van der Waals surface area contributed by atoms with Gasteiger partial charge < -0.3 is 4.98 Å². The van der Waals surface area contributed by atoms with Crippen LogP contribution < -0.4 is 0 Å². The van der Waals surface area contributed by atoms with Gasteiger partial charge in [-0.1, -0.05) is 98.6 Å². The van der Waals surface area contributed by atoms with E-state index < -0.39 is 0 Å². The van der Waals surface area contributed by atoms with Gasteiger partial charge in [0.2, 0.25) is 0 Å². The molecule has 0 bridgehead atoms. The van der Waals surface area contributed by atoms with Gasteiger partial charge in [-0.25, -0.2) is 4.98 Å². The number of nitrogens with one attached hydrogen (secondary N) is 1. The van der Waals surface area contributed by atoms with Crippen LogP contribution in [0.3, 0.4) is 0 Å². The predicted molar refractivity (Wildman–Crippen MR) is 134 cm³/mol. The lowest BCUT2D eigenvalue weighted by atomic mass is 9.86. The lowest BCUT2D eigenvalue weighted by molar-refractivity contribution is 0.590. The molecule has 0 saturated heterocycles. The van der Waals surface area contributed by atoms with Crippen molar-refractivity contribution in [3.05, 3.63) is 99.9 Å². The van der Waals surface area contributed by atoms with Crippen molar-refractivity contribution in [3.63, 3.8) is 0 Å². The van der Waals surface area contributed by atoms with E-state index in [0.29, 0.717) is 10.0 Å². The fourth-order valence-corrected chi connectivity index (χ4v) is 3.90. The molecule has 1 aromatic heterocycles. The van der Waals surface area contributed by atoms with Crippen molar-refractivity contribution in [2.75, 3.05) is 0 Å². The van der Waals surface area contributed by atoms with E-state index in [2.05, 4.69) is 79.3 Å². The highest BCUT2D eigenvalue weighted by molar-refractivity contribution is 6.36. The Morgan fingerprint density at radius 2 is 1.45 bits per heavy atom. The molecule has 0 radical (unpaired) electrons. The Labute approximate surface area is 193 Å². The van der Waals surface area contributed by atoms with Gasteiger partial charge in [0.15, 0.2) is 0 Å². The standard InChI is InChI=1S/C27H24Cl2N2/c1-27(2,3)21-11-9-20(10-12-21)19-7-4-18(5-8-19)6-15-26-30-17-25(31-26)23-14-13-22(28)16-24(23)29/h4-17H,1-3H3,(H,30,31)/b15-6+. The number of rotatable bonds is 4. The molecule has 1 heterocycles. The molecule has 4 heteroatoms. The summed E-state index contributed by atoms with van der Waals surface area (Å²) < 4.78 is 0. The zero-order chi connectivity index (χ0) is 22.0. The minimum absolute atomic E-state index is 0.164. The second-order valence-electron chi connectivity index (χ2n) is 8.59. The SMILES string of the molecule is CC(C)(C)c1ccc(-c2ccc(/C=C/c3ncc(-c4ccc(Cl)cc4Cl)[nH]3)cc2)cc1.